The van der Waals surface area contributed by atoms with Crippen LogP contribution in [0.3, 0.4) is 0 Å². The summed E-state index contributed by atoms with van der Waals surface area (Å²) >= 11 is 0. The zero-order valence-corrected chi connectivity index (χ0v) is 23.4. The molecule has 2 heterocycles. The predicted octanol–water partition coefficient (Wildman–Crippen LogP) is 9.60. The standard InChI is InChI=1S/C39H24N4/c1-25-20-38(28(24-41)21-27(25)23-40)43-35-16-8-6-13-32(35)39-30(14-9-17-37(39)43)26-18-19-36-33(22-26)31-12-5-7-15-34(31)42(36)29-10-3-2-4-11-29/h2-22H,1H3. The zero-order chi connectivity index (χ0) is 29.1. The summed E-state index contributed by atoms with van der Waals surface area (Å²) in [6.07, 6.45) is 0. The molecule has 0 amide bonds. The smallest absolute Gasteiger partial charge is 0.101 e. The van der Waals surface area contributed by atoms with Crippen LogP contribution in [0.15, 0.2) is 127 Å². The van der Waals surface area contributed by atoms with Crippen LogP contribution in [0.1, 0.15) is 16.7 Å². The van der Waals surface area contributed by atoms with Crippen LogP contribution in [0.25, 0.3) is 66.1 Å². The minimum atomic E-state index is 0.477. The fourth-order valence-electron chi connectivity index (χ4n) is 6.60. The predicted molar refractivity (Wildman–Crippen MR) is 175 cm³/mol. The van der Waals surface area contributed by atoms with Gasteiger partial charge in [0.1, 0.15) is 6.07 Å². The summed E-state index contributed by atoms with van der Waals surface area (Å²) < 4.78 is 4.50. The van der Waals surface area contributed by atoms with Gasteiger partial charge < -0.3 is 9.13 Å². The van der Waals surface area contributed by atoms with Gasteiger partial charge in [-0.25, -0.2) is 0 Å². The average Bonchev–Trinajstić information content (AvgIpc) is 3.57. The number of nitrogens with zero attached hydrogens (tertiary/aromatic N) is 4. The van der Waals surface area contributed by atoms with E-state index in [-0.39, 0.29) is 0 Å². The number of benzene rings is 6. The lowest BCUT2D eigenvalue weighted by Crippen LogP contribution is -2.00. The molecule has 0 saturated carbocycles. The molecular formula is C39H24N4. The van der Waals surface area contributed by atoms with Gasteiger partial charge in [-0.15, -0.1) is 0 Å². The van der Waals surface area contributed by atoms with E-state index in [0.717, 1.165) is 55.4 Å². The Morgan fingerprint density at radius 1 is 0.512 bits per heavy atom. The quantitative estimate of drug-likeness (QED) is 0.221. The van der Waals surface area contributed by atoms with Crippen molar-refractivity contribution in [1.29, 1.82) is 10.5 Å². The van der Waals surface area contributed by atoms with Gasteiger partial charge >= 0.3 is 0 Å². The Balaban J connectivity index is 1.43. The molecule has 6 aromatic carbocycles. The van der Waals surface area contributed by atoms with Gasteiger partial charge in [-0.2, -0.15) is 10.5 Å². The minimum absolute atomic E-state index is 0.477. The highest BCUT2D eigenvalue weighted by molar-refractivity contribution is 6.17. The van der Waals surface area contributed by atoms with Gasteiger partial charge in [-0.3, -0.25) is 0 Å². The van der Waals surface area contributed by atoms with Gasteiger partial charge in [0.15, 0.2) is 0 Å². The second kappa shape index (κ2) is 9.48. The highest BCUT2D eigenvalue weighted by Gasteiger charge is 2.20. The molecule has 0 aliphatic rings. The molecule has 200 valence electrons. The number of hydrogen-bond donors (Lipinski definition) is 0. The van der Waals surface area contributed by atoms with Crippen molar-refractivity contribution < 1.29 is 0 Å². The molecule has 0 atom stereocenters. The van der Waals surface area contributed by atoms with E-state index in [1.165, 1.54) is 16.3 Å². The second-order valence-electron chi connectivity index (χ2n) is 10.9. The largest absolute Gasteiger partial charge is 0.309 e. The average molecular weight is 549 g/mol. The van der Waals surface area contributed by atoms with Crippen molar-refractivity contribution in [3.8, 4) is 34.6 Å². The third kappa shape index (κ3) is 3.61. The number of hydrogen-bond acceptors (Lipinski definition) is 2. The van der Waals surface area contributed by atoms with Crippen LogP contribution < -0.4 is 0 Å². The zero-order valence-electron chi connectivity index (χ0n) is 23.4. The summed E-state index contributed by atoms with van der Waals surface area (Å²) in [4.78, 5) is 0. The first-order chi connectivity index (χ1) is 21.2. The SMILES string of the molecule is Cc1cc(-n2c3ccccc3c3c(-c4ccc5c(c4)c4ccccc4n5-c4ccccc4)cccc32)c(C#N)cc1C#N. The van der Waals surface area contributed by atoms with Crippen molar-refractivity contribution in [3.05, 3.63) is 144 Å². The molecule has 0 aliphatic carbocycles. The number of fused-ring (bicyclic) bond motifs is 6. The summed E-state index contributed by atoms with van der Waals surface area (Å²) in [5.41, 5.74) is 10.4. The molecule has 0 unspecified atom stereocenters. The van der Waals surface area contributed by atoms with Crippen LogP contribution in [0.5, 0.6) is 0 Å². The lowest BCUT2D eigenvalue weighted by Gasteiger charge is -2.12. The van der Waals surface area contributed by atoms with Crippen LogP contribution in [-0.2, 0) is 0 Å². The number of rotatable bonds is 3. The molecule has 0 N–H and O–H groups in total. The minimum Gasteiger partial charge on any atom is -0.309 e. The molecule has 0 radical (unpaired) electrons. The molecular weight excluding hydrogens is 524 g/mol. The molecule has 8 rings (SSSR count). The Morgan fingerprint density at radius 3 is 1.93 bits per heavy atom. The Hall–Kier alpha value is -6.10. The highest BCUT2D eigenvalue weighted by atomic mass is 15.0. The molecule has 0 fully saturated rings. The third-order valence-electron chi connectivity index (χ3n) is 8.52. The summed E-state index contributed by atoms with van der Waals surface area (Å²) in [5.74, 6) is 0. The summed E-state index contributed by atoms with van der Waals surface area (Å²) in [6.45, 7) is 1.92. The topological polar surface area (TPSA) is 57.4 Å². The van der Waals surface area contributed by atoms with Crippen LogP contribution in [0.2, 0.25) is 0 Å². The van der Waals surface area contributed by atoms with Gasteiger partial charge in [0, 0.05) is 27.2 Å². The first kappa shape index (κ1) is 24.7. The first-order valence-electron chi connectivity index (χ1n) is 14.2. The van der Waals surface area contributed by atoms with E-state index >= 15 is 0 Å². The molecule has 0 saturated heterocycles. The number of aromatic nitrogens is 2. The molecule has 4 nitrogen and oxygen atoms in total. The summed E-state index contributed by atoms with van der Waals surface area (Å²) in [6, 6.07) is 48.8. The van der Waals surface area contributed by atoms with E-state index in [2.05, 4.69) is 124 Å². The number of aryl methyl sites for hydroxylation is 1. The molecule has 8 aromatic rings. The Bertz CT molecular complexity index is 2480. The highest BCUT2D eigenvalue weighted by Crippen LogP contribution is 2.41. The first-order valence-corrected chi connectivity index (χ1v) is 14.2. The Morgan fingerprint density at radius 2 is 1.16 bits per heavy atom. The monoisotopic (exact) mass is 548 g/mol. The summed E-state index contributed by atoms with van der Waals surface area (Å²) in [7, 11) is 0. The Kier molecular flexibility index (Phi) is 5.44. The van der Waals surface area contributed by atoms with Gasteiger partial charge in [0.05, 0.1) is 45.0 Å². The van der Waals surface area contributed by atoms with Gasteiger partial charge in [0.25, 0.3) is 0 Å². The fraction of sp³-hybridized carbons (Fsp3) is 0.0256. The molecule has 43 heavy (non-hydrogen) atoms. The van der Waals surface area contributed by atoms with Crippen molar-refractivity contribution >= 4 is 43.6 Å². The number of para-hydroxylation sites is 3. The lowest BCUT2D eigenvalue weighted by atomic mass is 9.98. The van der Waals surface area contributed by atoms with Crippen LogP contribution in [-0.4, -0.2) is 9.13 Å². The maximum Gasteiger partial charge on any atom is 0.101 e. The van der Waals surface area contributed by atoms with E-state index in [1.807, 2.05) is 25.1 Å². The van der Waals surface area contributed by atoms with Gasteiger partial charge in [-0.05, 0) is 78.2 Å². The normalized spacial score (nSPS) is 11.3. The van der Waals surface area contributed by atoms with E-state index in [0.29, 0.717) is 11.1 Å². The number of nitriles is 2. The maximum absolute atomic E-state index is 10.1. The van der Waals surface area contributed by atoms with Crippen molar-refractivity contribution in [2.75, 3.05) is 0 Å². The van der Waals surface area contributed by atoms with Gasteiger partial charge in [0.2, 0.25) is 0 Å². The summed E-state index contributed by atoms with van der Waals surface area (Å²) in [5, 5.41) is 24.4. The molecule has 0 bridgehead atoms. The fourth-order valence-corrected chi connectivity index (χ4v) is 6.60. The molecule has 0 aliphatic heterocycles. The van der Waals surface area contributed by atoms with E-state index in [1.54, 1.807) is 6.07 Å². The lowest BCUT2D eigenvalue weighted by molar-refractivity contribution is 1.15. The van der Waals surface area contributed by atoms with Crippen molar-refractivity contribution in [2.24, 2.45) is 0 Å². The van der Waals surface area contributed by atoms with Crippen LogP contribution >= 0.6 is 0 Å². The van der Waals surface area contributed by atoms with E-state index < -0.39 is 0 Å². The third-order valence-corrected chi connectivity index (χ3v) is 8.52. The Labute approximate surface area is 248 Å². The molecule has 4 heteroatoms. The molecule has 2 aromatic heterocycles. The van der Waals surface area contributed by atoms with Crippen molar-refractivity contribution in [1.82, 2.24) is 9.13 Å². The van der Waals surface area contributed by atoms with Crippen molar-refractivity contribution in [2.45, 2.75) is 6.92 Å². The second-order valence-corrected chi connectivity index (χ2v) is 10.9. The maximum atomic E-state index is 10.1. The molecule has 0 spiro atoms. The van der Waals surface area contributed by atoms with Crippen LogP contribution in [0.4, 0.5) is 0 Å². The van der Waals surface area contributed by atoms with Crippen molar-refractivity contribution in [3.63, 3.8) is 0 Å². The van der Waals surface area contributed by atoms with Crippen LogP contribution in [0, 0.1) is 29.6 Å². The van der Waals surface area contributed by atoms with E-state index in [4.69, 9.17) is 0 Å². The van der Waals surface area contributed by atoms with E-state index in [9.17, 15) is 10.5 Å². The van der Waals surface area contributed by atoms with Gasteiger partial charge in [-0.1, -0.05) is 72.8 Å².